The van der Waals surface area contributed by atoms with Gasteiger partial charge in [-0.2, -0.15) is 0 Å². The Kier molecular flexibility index (Phi) is 5.42. The summed E-state index contributed by atoms with van der Waals surface area (Å²) >= 11 is 4.27. The number of aromatic nitrogens is 1. The SMILES string of the molecule is O=C(c1csc(-c2cccs2)n1)N1CCC(NS(=O)(=O)c2cccs2)CC1. The number of nitrogens with one attached hydrogen (secondary N) is 1. The highest BCUT2D eigenvalue weighted by Crippen LogP contribution is 2.28. The number of rotatable bonds is 5. The summed E-state index contributed by atoms with van der Waals surface area (Å²) in [5.41, 5.74) is 0.459. The lowest BCUT2D eigenvalue weighted by molar-refractivity contribution is 0.0706. The summed E-state index contributed by atoms with van der Waals surface area (Å²) in [5, 5.41) is 6.38. The number of likely N-dealkylation sites (tertiary alicyclic amines) is 1. The van der Waals surface area contributed by atoms with Crippen LogP contribution in [0.25, 0.3) is 9.88 Å². The molecule has 1 N–H and O–H groups in total. The van der Waals surface area contributed by atoms with Crippen LogP contribution in [-0.4, -0.2) is 43.3 Å². The Morgan fingerprint density at radius 1 is 1.11 bits per heavy atom. The van der Waals surface area contributed by atoms with E-state index in [1.165, 1.54) is 22.7 Å². The van der Waals surface area contributed by atoms with E-state index in [0.29, 0.717) is 35.8 Å². The Hall–Kier alpha value is -1.59. The molecule has 1 aliphatic heterocycles. The number of hydrogen-bond acceptors (Lipinski definition) is 7. The lowest BCUT2D eigenvalue weighted by Crippen LogP contribution is -2.46. The number of hydrogen-bond donors (Lipinski definition) is 1. The molecule has 1 saturated heterocycles. The van der Waals surface area contributed by atoms with Crippen molar-refractivity contribution in [3.8, 4) is 9.88 Å². The number of nitrogens with zero attached hydrogens (tertiary/aromatic N) is 2. The van der Waals surface area contributed by atoms with E-state index in [-0.39, 0.29) is 11.9 Å². The van der Waals surface area contributed by atoms with Gasteiger partial charge in [-0.15, -0.1) is 34.0 Å². The number of thiazole rings is 1. The molecule has 0 saturated carbocycles. The molecular weight excluding hydrogens is 422 g/mol. The van der Waals surface area contributed by atoms with Gasteiger partial charge in [-0.1, -0.05) is 12.1 Å². The zero-order valence-corrected chi connectivity index (χ0v) is 17.5. The Labute approximate surface area is 169 Å². The van der Waals surface area contributed by atoms with E-state index in [2.05, 4.69) is 9.71 Å². The normalized spacial score (nSPS) is 15.9. The monoisotopic (exact) mass is 439 g/mol. The molecule has 6 nitrogen and oxygen atoms in total. The molecule has 3 aromatic heterocycles. The maximum absolute atomic E-state index is 12.7. The Morgan fingerprint density at radius 2 is 1.85 bits per heavy atom. The van der Waals surface area contributed by atoms with Crippen molar-refractivity contribution in [2.75, 3.05) is 13.1 Å². The molecule has 1 fully saturated rings. The highest BCUT2D eigenvalue weighted by molar-refractivity contribution is 7.91. The summed E-state index contributed by atoms with van der Waals surface area (Å²) in [5.74, 6) is -0.0892. The van der Waals surface area contributed by atoms with Crippen molar-refractivity contribution in [2.45, 2.75) is 23.1 Å². The Bertz CT molecular complexity index is 1000. The lowest BCUT2D eigenvalue weighted by atomic mass is 10.1. The fourth-order valence-electron chi connectivity index (χ4n) is 2.94. The topological polar surface area (TPSA) is 79.4 Å². The second-order valence-electron chi connectivity index (χ2n) is 6.14. The molecule has 4 heterocycles. The highest BCUT2D eigenvalue weighted by atomic mass is 32.2. The average molecular weight is 440 g/mol. The molecule has 0 aromatic carbocycles. The van der Waals surface area contributed by atoms with E-state index in [9.17, 15) is 13.2 Å². The summed E-state index contributed by atoms with van der Waals surface area (Å²) in [6.07, 6.45) is 1.19. The number of carbonyl (C=O) groups excluding carboxylic acids is 1. The van der Waals surface area contributed by atoms with Gasteiger partial charge in [-0.3, -0.25) is 4.79 Å². The van der Waals surface area contributed by atoms with Gasteiger partial charge < -0.3 is 4.90 Å². The summed E-state index contributed by atoms with van der Waals surface area (Å²) in [4.78, 5) is 20.0. The van der Waals surface area contributed by atoms with Crippen molar-refractivity contribution in [3.05, 3.63) is 46.1 Å². The van der Waals surface area contributed by atoms with Gasteiger partial charge in [0.15, 0.2) is 0 Å². The minimum Gasteiger partial charge on any atom is -0.337 e. The van der Waals surface area contributed by atoms with Crippen LogP contribution in [0, 0.1) is 0 Å². The smallest absolute Gasteiger partial charge is 0.273 e. The molecule has 0 bridgehead atoms. The molecule has 1 aliphatic rings. The van der Waals surface area contributed by atoms with E-state index in [1.807, 2.05) is 17.5 Å². The molecule has 0 radical (unpaired) electrons. The number of thiophene rings is 2. The Morgan fingerprint density at radius 3 is 2.52 bits per heavy atom. The second-order valence-corrected chi connectivity index (χ2v) is 10.8. The van der Waals surface area contributed by atoms with Gasteiger partial charge >= 0.3 is 0 Å². The van der Waals surface area contributed by atoms with Crippen LogP contribution in [0.2, 0.25) is 0 Å². The highest BCUT2D eigenvalue weighted by Gasteiger charge is 2.28. The molecular formula is C17H17N3O3S4. The van der Waals surface area contributed by atoms with Gasteiger partial charge in [0.2, 0.25) is 10.0 Å². The van der Waals surface area contributed by atoms with Crippen molar-refractivity contribution >= 4 is 49.9 Å². The van der Waals surface area contributed by atoms with E-state index in [1.54, 1.807) is 39.1 Å². The zero-order valence-electron chi connectivity index (χ0n) is 14.2. The number of carbonyl (C=O) groups is 1. The summed E-state index contributed by atoms with van der Waals surface area (Å²) in [6.45, 7) is 1.03. The van der Waals surface area contributed by atoms with Crippen LogP contribution in [-0.2, 0) is 10.0 Å². The van der Waals surface area contributed by atoms with Gasteiger partial charge in [0.05, 0.1) is 4.88 Å². The molecule has 142 valence electrons. The van der Waals surface area contributed by atoms with Crippen LogP contribution in [0.15, 0.2) is 44.6 Å². The molecule has 1 amide bonds. The van der Waals surface area contributed by atoms with Crippen LogP contribution >= 0.6 is 34.0 Å². The molecule has 3 aromatic rings. The zero-order chi connectivity index (χ0) is 18.9. The van der Waals surface area contributed by atoms with Gasteiger partial charge in [0.25, 0.3) is 5.91 Å². The van der Waals surface area contributed by atoms with Gasteiger partial charge in [-0.05, 0) is 35.7 Å². The maximum atomic E-state index is 12.7. The van der Waals surface area contributed by atoms with Gasteiger partial charge in [0, 0.05) is 24.5 Å². The molecule has 10 heteroatoms. The fraction of sp³-hybridized carbons (Fsp3) is 0.294. The predicted octanol–water partition coefficient (Wildman–Crippen LogP) is 3.52. The van der Waals surface area contributed by atoms with Crippen LogP contribution in [0.3, 0.4) is 0 Å². The van der Waals surface area contributed by atoms with Gasteiger partial charge in [-0.25, -0.2) is 18.1 Å². The third kappa shape index (κ3) is 4.14. The largest absolute Gasteiger partial charge is 0.337 e. The fourth-order valence-corrected chi connectivity index (χ4v) is 6.86. The quantitative estimate of drug-likeness (QED) is 0.660. The molecule has 0 unspecified atom stereocenters. The van der Waals surface area contributed by atoms with E-state index < -0.39 is 10.0 Å². The second kappa shape index (κ2) is 7.80. The van der Waals surface area contributed by atoms with E-state index in [0.717, 1.165) is 9.88 Å². The minimum atomic E-state index is -3.47. The first-order valence-electron chi connectivity index (χ1n) is 8.37. The third-order valence-electron chi connectivity index (χ3n) is 4.32. The van der Waals surface area contributed by atoms with Crippen LogP contribution in [0.4, 0.5) is 0 Å². The third-order valence-corrected chi connectivity index (χ3v) is 9.12. The first-order chi connectivity index (χ1) is 13.0. The van der Waals surface area contributed by atoms with Gasteiger partial charge in [0.1, 0.15) is 14.9 Å². The van der Waals surface area contributed by atoms with Crippen molar-refractivity contribution in [2.24, 2.45) is 0 Å². The van der Waals surface area contributed by atoms with E-state index >= 15 is 0 Å². The summed E-state index contributed by atoms with van der Waals surface area (Å²) in [6, 6.07) is 7.12. The summed E-state index contributed by atoms with van der Waals surface area (Å²) in [7, 11) is -3.47. The van der Waals surface area contributed by atoms with Crippen molar-refractivity contribution in [1.29, 1.82) is 0 Å². The number of amides is 1. The first-order valence-corrected chi connectivity index (χ1v) is 12.5. The van der Waals surface area contributed by atoms with Crippen molar-refractivity contribution in [3.63, 3.8) is 0 Å². The lowest BCUT2D eigenvalue weighted by Gasteiger charge is -2.31. The minimum absolute atomic E-state index is 0.0892. The van der Waals surface area contributed by atoms with Crippen molar-refractivity contribution < 1.29 is 13.2 Å². The summed E-state index contributed by atoms with van der Waals surface area (Å²) < 4.78 is 27.7. The molecule has 0 spiro atoms. The average Bonchev–Trinajstić information content (AvgIpc) is 3.43. The number of sulfonamides is 1. The molecule has 4 rings (SSSR count). The number of piperidine rings is 1. The van der Waals surface area contributed by atoms with E-state index in [4.69, 9.17) is 0 Å². The molecule has 27 heavy (non-hydrogen) atoms. The Balaban J connectivity index is 1.36. The van der Waals surface area contributed by atoms with Crippen molar-refractivity contribution in [1.82, 2.24) is 14.6 Å². The van der Waals surface area contributed by atoms with Crippen LogP contribution < -0.4 is 4.72 Å². The van der Waals surface area contributed by atoms with Crippen LogP contribution in [0.5, 0.6) is 0 Å². The standard InChI is InChI=1S/C17H17N3O3S4/c21-17(13-11-26-16(18-13)14-3-1-9-24-14)20-7-5-12(6-8-20)19-27(22,23)15-4-2-10-25-15/h1-4,9-12,19H,5-8H2. The first kappa shape index (κ1) is 18.8. The molecule has 0 atom stereocenters. The predicted molar refractivity (Wildman–Crippen MR) is 109 cm³/mol. The maximum Gasteiger partial charge on any atom is 0.273 e. The van der Waals surface area contributed by atoms with Crippen LogP contribution in [0.1, 0.15) is 23.3 Å². The molecule has 0 aliphatic carbocycles.